The minimum absolute atomic E-state index is 0.568. The van der Waals surface area contributed by atoms with Crippen LogP contribution in [-0.4, -0.2) is 37.7 Å². The van der Waals surface area contributed by atoms with Crippen LogP contribution in [0.25, 0.3) is 0 Å². The maximum atomic E-state index is 6.19. The molecule has 0 saturated carbocycles. The zero-order chi connectivity index (χ0) is 21.1. The first-order chi connectivity index (χ1) is 15.4. The smallest absolute Gasteiger partial charge is 0.123 e. The largest absolute Gasteiger partial charge is 0.489 e. The maximum absolute atomic E-state index is 6.19. The van der Waals surface area contributed by atoms with Crippen LogP contribution in [-0.2, 0) is 24.4 Å². The summed E-state index contributed by atoms with van der Waals surface area (Å²) in [5.74, 6) is 1.83. The normalized spacial score (nSPS) is 14.3. The molecule has 31 heavy (non-hydrogen) atoms. The molecule has 0 aromatic heterocycles. The summed E-state index contributed by atoms with van der Waals surface area (Å²) in [6, 6.07) is 26.8. The Kier molecular flexibility index (Phi) is 7.97. The second-order valence-electron chi connectivity index (χ2n) is 7.88. The third kappa shape index (κ3) is 6.84. The van der Waals surface area contributed by atoms with Crippen LogP contribution in [0.2, 0.25) is 0 Å². The summed E-state index contributed by atoms with van der Waals surface area (Å²) in [4.78, 5) is 2.48. The third-order valence-corrected chi connectivity index (χ3v) is 5.54. The molecular weight excluding hydrogens is 386 g/mol. The number of morpholine rings is 1. The summed E-state index contributed by atoms with van der Waals surface area (Å²) in [6.07, 6.45) is 2.05. The van der Waals surface area contributed by atoms with E-state index in [0.717, 1.165) is 57.2 Å². The summed E-state index contributed by atoms with van der Waals surface area (Å²) >= 11 is 0. The van der Waals surface area contributed by atoms with E-state index in [1.54, 1.807) is 0 Å². The highest BCUT2D eigenvalue weighted by Gasteiger charge is 2.12. The minimum atomic E-state index is 0.568. The van der Waals surface area contributed by atoms with Gasteiger partial charge in [-0.25, -0.2) is 0 Å². The van der Waals surface area contributed by atoms with E-state index in [2.05, 4.69) is 35.2 Å². The van der Waals surface area contributed by atoms with Gasteiger partial charge in [-0.2, -0.15) is 0 Å². The second-order valence-corrected chi connectivity index (χ2v) is 7.88. The van der Waals surface area contributed by atoms with E-state index in [4.69, 9.17) is 14.2 Å². The molecule has 0 spiro atoms. The predicted molar refractivity (Wildman–Crippen MR) is 124 cm³/mol. The van der Waals surface area contributed by atoms with Crippen molar-refractivity contribution in [3.8, 4) is 11.5 Å². The molecule has 0 aliphatic carbocycles. The van der Waals surface area contributed by atoms with Gasteiger partial charge in [-0.05, 0) is 54.3 Å². The molecular formula is C27H31NO3. The van der Waals surface area contributed by atoms with Crippen LogP contribution in [0.15, 0.2) is 78.9 Å². The van der Waals surface area contributed by atoms with Gasteiger partial charge >= 0.3 is 0 Å². The Morgan fingerprint density at radius 1 is 0.742 bits per heavy atom. The maximum Gasteiger partial charge on any atom is 0.123 e. The van der Waals surface area contributed by atoms with E-state index in [1.807, 2.05) is 48.5 Å². The van der Waals surface area contributed by atoms with Gasteiger partial charge < -0.3 is 14.2 Å². The molecule has 0 bridgehead atoms. The fourth-order valence-corrected chi connectivity index (χ4v) is 3.78. The van der Waals surface area contributed by atoms with Gasteiger partial charge in [-0.3, -0.25) is 4.90 Å². The first kappa shape index (κ1) is 21.4. The average molecular weight is 418 g/mol. The predicted octanol–water partition coefficient (Wildman–Crippen LogP) is 5.11. The van der Waals surface area contributed by atoms with Gasteiger partial charge in [0.1, 0.15) is 24.7 Å². The van der Waals surface area contributed by atoms with Crippen LogP contribution in [0.3, 0.4) is 0 Å². The molecule has 4 nitrogen and oxygen atoms in total. The molecule has 0 unspecified atom stereocenters. The summed E-state index contributed by atoms with van der Waals surface area (Å²) < 4.78 is 17.7. The Morgan fingerprint density at radius 2 is 1.39 bits per heavy atom. The van der Waals surface area contributed by atoms with Crippen LogP contribution in [0, 0.1) is 0 Å². The van der Waals surface area contributed by atoms with Gasteiger partial charge in [0.25, 0.3) is 0 Å². The number of aryl methyl sites for hydroxylation is 1. The summed E-state index contributed by atoms with van der Waals surface area (Å²) in [5.41, 5.74) is 3.54. The quantitative estimate of drug-likeness (QED) is 0.459. The SMILES string of the molecule is c1ccc(COc2ccc(OCc3ccccc3)c(CCCN3CCOCC3)c2)cc1. The van der Waals surface area contributed by atoms with Crippen molar-refractivity contribution in [2.75, 3.05) is 32.8 Å². The molecule has 1 heterocycles. The standard InChI is InChI=1S/C27H31NO3/c1-3-8-23(9-4-1)21-30-26-13-14-27(31-22-24-10-5-2-6-11-24)25(20-26)12-7-15-28-16-18-29-19-17-28/h1-6,8-11,13-14,20H,7,12,15-19,21-22H2. The first-order valence-corrected chi connectivity index (χ1v) is 11.1. The molecule has 4 rings (SSSR count). The molecule has 1 aliphatic heterocycles. The molecule has 0 amide bonds. The van der Waals surface area contributed by atoms with Crippen molar-refractivity contribution >= 4 is 0 Å². The van der Waals surface area contributed by atoms with E-state index < -0.39 is 0 Å². The lowest BCUT2D eigenvalue weighted by Gasteiger charge is -2.26. The number of ether oxygens (including phenoxy) is 3. The molecule has 0 radical (unpaired) electrons. The van der Waals surface area contributed by atoms with Crippen LogP contribution >= 0.6 is 0 Å². The number of hydrogen-bond acceptors (Lipinski definition) is 4. The minimum Gasteiger partial charge on any atom is -0.489 e. The lowest BCUT2D eigenvalue weighted by molar-refractivity contribution is 0.0374. The first-order valence-electron chi connectivity index (χ1n) is 11.1. The molecule has 162 valence electrons. The topological polar surface area (TPSA) is 30.9 Å². The van der Waals surface area contributed by atoms with E-state index >= 15 is 0 Å². The highest BCUT2D eigenvalue weighted by Crippen LogP contribution is 2.27. The van der Waals surface area contributed by atoms with Gasteiger partial charge in [-0.15, -0.1) is 0 Å². The van der Waals surface area contributed by atoms with Gasteiger partial charge in [0, 0.05) is 13.1 Å². The van der Waals surface area contributed by atoms with Crippen LogP contribution in [0.1, 0.15) is 23.1 Å². The summed E-state index contributed by atoms with van der Waals surface area (Å²) in [5, 5.41) is 0. The van der Waals surface area contributed by atoms with Gasteiger partial charge in [0.2, 0.25) is 0 Å². The Morgan fingerprint density at radius 3 is 2.06 bits per heavy atom. The fourth-order valence-electron chi connectivity index (χ4n) is 3.78. The number of hydrogen-bond donors (Lipinski definition) is 0. The molecule has 0 N–H and O–H groups in total. The number of benzene rings is 3. The second kappa shape index (κ2) is 11.5. The molecule has 1 saturated heterocycles. The van der Waals surface area contributed by atoms with Crippen LogP contribution in [0.4, 0.5) is 0 Å². The fraction of sp³-hybridized carbons (Fsp3) is 0.333. The lowest BCUT2D eigenvalue weighted by Crippen LogP contribution is -2.36. The van der Waals surface area contributed by atoms with Crippen molar-refractivity contribution < 1.29 is 14.2 Å². The Bertz CT molecular complexity index is 908. The average Bonchev–Trinajstić information content (AvgIpc) is 2.84. The van der Waals surface area contributed by atoms with Crippen LogP contribution in [0.5, 0.6) is 11.5 Å². The van der Waals surface area contributed by atoms with Gasteiger partial charge in [0.15, 0.2) is 0 Å². The lowest BCUT2D eigenvalue weighted by atomic mass is 10.1. The zero-order valence-electron chi connectivity index (χ0n) is 18.0. The Labute approximate surface area is 185 Å². The highest BCUT2D eigenvalue weighted by atomic mass is 16.5. The molecule has 3 aromatic rings. The van der Waals surface area contributed by atoms with E-state index in [9.17, 15) is 0 Å². The molecule has 4 heteroatoms. The van der Waals surface area contributed by atoms with Crippen molar-refractivity contribution in [1.29, 1.82) is 0 Å². The van der Waals surface area contributed by atoms with Crippen molar-refractivity contribution in [2.45, 2.75) is 26.1 Å². The number of nitrogens with zero attached hydrogens (tertiary/aromatic N) is 1. The molecule has 1 aliphatic rings. The Hall–Kier alpha value is -2.82. The monoisotopic (exact) mass is 417 g/mol. The van der Waals surface area contributed by atoms with E-state index in [0.29, 0.717) is 13.2 Å². The van der Waals surface area contributed by atoms with Crippen LogP contribution < -0.4 is 9.47 Å². The summed E-state index contributed by atoms with van der Waals surface area (Å²) in [6.45, 7) is 5.95. The molecule has 0 atom stereocenters. The van der Waals surface area contributed by atoms with Crippen molar-refractivity contribution in [2.24, 2.45) is 0 Å². The van der Waals surface area contributed by atoms with Crippen molar-refractivity contribution in [3.63, 3.8) is 0 Å². The number of rotatable bonds is 10. The van der Waals surface area contributed by atoms with E-state index in [1.165, 1.54) is 16.7 Å². The third-order valence-electron chi connectivity index (χ3n) is 5.54. The van der Waals surface area contributed by atoms with E-state index in [-0.39, 0.29) is 0 Å². The molecule has 3 aromatic carbocycles. The summed E-state index contributed by atoms with van der Waals surface area (Å²) in [7, 11) is 0. The zero-order valence-corrected chi connectivity index (χ0v) is 18.0. The Balaban J connectivity index is 1.40. The van der Waals surface area contributed by atoms with Crippen molar-refractivity contribution in [3.05, 3.63) is 95.6 Å². The molecule has 1 fully saturated rings. The van der Waals surface area contributed by atoms with Gasteiger partial charge in [-0.1, -0.05) is 60.7 Å². The van der Waals surface area contributed by atoms with Crippen molar-refractivity contribution in [1.82, 2.24) is 4.90 Å². The van der Waals surface area contributed by atoms with Gasteiger partial charge in [0.05, 0.1) is 13.2 Å². The highest BCUT2D eigenvalue weighted by molar-refractivity contribution is 5.41.